The summed E-state index contributed by atoms with van der Waals surface area (Å²) in [6.07, 6.45) is 0.773. The van der Waals surface area contributed by atoms with Gasteiger partial charge in [0, 0.05) is 6.42 Å². The average Bonchev–Trinajstić information content (AvgIpc) is 2.17. The molecule has 1 aliphatic rings. The van der Waals surface area contributed by atoms with Gasteiger partial charge >= 0.3 is 5.97 Å². The lowest BCUT2D eigenvalue weighted by atomic mass is 10.3. The molecule has 1 fully saturated rings. The summed E-state index contributed by atoms with van der Waals surface area (Å²) in [7, 11) is 0. The molecule has 7 heavy (non-hydrogen) atoms. The lowest BCUT2D eigenvalue weighted by Crippen LogP contribution is -1.97. The van der Waals surface area contributed by atoms with Crippen molar-refractivity contribution in [2.24, 2.45) is 11.8 Å². The molecule has 1 saturated carbocycles. The molecule has 2 heteroatoms. The number of carbonyl (C=O) groups is 1. The van der Waals surface area contributed by atoms with Crippen LogP contribution in [0.2, 0.25) is 0 Å². The predicted molar refractivity (Wildman–Crippen MR) is 24.6 cm³/mol. The van der Waals surface area contributed by atoms with Crippen LogP contribution in [0.3, 0.4) is 0 Å². The Kier molecular flexibility index (Phi) is 0.741. The lowest BCUT2D eigenvalue weighted by Gasteiger charge is -1.76. The van der Waals surface area contributed by atoms with Crippen LogP contribution in [-0.2, 0) is 4.79 Å². The number of hydrogen-bond acceptors (Lipinski definition) is 1. The normalized spacial score (nSPS) is 37.7. The molecule has 0 aromatic heterocycles. The van der Waals surface area contributed by atoms with Gasteiger partial charge < -0.3 is 5.11 Å². The Hall–Kier alpha value is -0.660. The van der Waals surface area contributed by atoms with Gasteiger partial charge in [0.2, 0.25) is 0 Å². The van der Waals surface area contributed by atoms with Crippen LogP contribution in [0.15, 0.2) is 0 Å². The maximum atomic E-state index is 9.93. The molecule has 2 unspecified atom stereocenters. The summed E-state index contributed by atoms with van der Waals surface area (Å²) in [5, 5.41) is 8.18. The maximum Gasteiger partial charge on any atom is 0.311 e. The topological polar surface area (TPSA) is 37.3 Å². The van der Waals surface area contributed by atoms with Crippen LogP contribution in [0.25, 0.3) is 0 Å². The Morgan fingerprint density at radius 1 is 1.86 bits per heavy atom. The number of carboxylic acid groups (broad SMARTS) is 1. The molecule has 2 nitrogen and oxygen atoms in total. The van der Waals surface area contributed by atoms with Crippen LogP contribution < -0.4 is 0 Å². The van der Waals surface area contributed by atoms with Crippen molar-refractivity contribution in [3.05, 3.63) is 6.92 Å². The van der Waals surface area contributed by atoms with Crippen LogP contribution in [0.4, 0.5) is 0 Å². The maximum absolute atomic E-state index is 9.93. The van der Waals surface area contributed by atoms with E-state index in [-0.39, 0.29) is 11.8 Å². The molecule has 1 rings (SSSR count). The first-order valence-corrected chi connectivity index (χ1v) is 2.27. The van der Waals surface area contributed by atoms with Gasteiger partial charge in [0.05, 0.1) is 6.92 Å². The monoisotopic (exact) mass is 99.0 g/mol. The van der Waals surface area contributed by atoms with Crippen LogP contribution in [0.5, 0.6) is 0 Å². The highest BCUT2D eigenvalue weighted by atomic mass is 16.4. The van der Waals surface area contributed by atoms with E-state index in [2.05, 4.69) is 6.92 Å². The van der Waals surface area contributed by atoms with Gasteiger partial charge in [0.15, 0.2) is 0 Å². The third-order valence-electron chi connectivity index (χ3n) is 1.24. The zero-order valence-electron chi connectivity index (χ0n) is 3.92. The SMILES string of the molecule is [CH2+]C1CC1C(=O)O. The minimum atomic E-state index is -0.694. The van der Waals surface area contributed by atoms with E-state index in [1.165, 1.54) is 0 Å². The first-order chi connectivity index (χ1) is 3.22. The van der Waals surface area contributed by atoms with Crippen LogP contribution >= 0.6 is 0 Å². The van der Waals surface area contributed by atoms with E-state index in [4.69, 9.17) is 5.11 Å². The predicted octanol–water partition coefficient (Wildman–Crippen LogP) is 0.541. The van der Waals surface area contributed by atoms with E-state index < -0.39 is 5.97 Å². The van der Waals surface area contributed by atoms with E-state index in [0.717, 1.165) is 6.42 Å². The first kappa shape index (κ1) is 4.50. The Morgan fingerprint density at radius 3 is 2.29 bits per heavy atom. The van der Waals surface area contributed by atoms with E-state index in [0.29, 0.717) is 0 Å². The van der Waals surface area contributed by atoms with Crippen molar-refractivity contribution in [2.45, 2.75) is 6.42 Å². The fourth-order valence-electron chi connectivity index (χ4n) is 0.550. The number of carboxylic acids is 1. The largest absolute Gasteiger partial charge is 0.481 e. The van der Waals surface area contributed by atoms with Gasteiger partial charge in [-0.1, -0.05) is 0 Å². The standard InChI is InChI=1S/C5H6O2/c1-3-2-4(3)5(6)7/h3-4H,1-2H2/p+1. The molecule has 2 atom stereocenters. The molecule has 0 aromatic rings. The number of hydrogen-bond donors (Lipinski definition) is 1. The smallest absolute Gasteiger partial charge is 0.311 e. The van der Waals surface area contributed by atoms with Crippen molar-refractivity contribution in [1.82, 2.24) is 0 Å². The molecule has 0 bridgehead atoms. The Labute approximate surface area is 42.1 Å². The van der Waals surface area contributed by atoms with Crippen LogP contribution in [-0.4, -0.2) is 11.1 Å². The van der Waals surface area contributed by atoms with Crippen molar-refractivity contribution in [3.63, 3.8) is 0 Å². The molecule has 1 aliphatic carbocycles. The second kappa shape index (κ2) is 1.15. The molecule has 0 spiro atoms. The second-order valence-electron chi connectivity index (χ2n) is 1.94. The van der Waals surface area contributed by atoms with E-state index in [1.54, 1.807) is 0 Å². The third-order valence-corrected chi connectivity index (χ3v) is 1.24. The molecule has 0 heterocycles. The highest BCUT2D eigenvalue weighted by Gasteiger charge is 2.45. The van der Waals surface area contributed by atoms with Crippen molar-refractivity contribution in [2.75, 3.05) is 0 Å². The third kappa shape index (κ3) is 0.683. The van der Waals surface area contributed by atoms with Gasteiger partial charge in [-0.2, -0.15) is 0 Å². The Balaban J connectivity index is 2.33. The highest BCUT2D eigenvalue weighted by Crippen LogP contribution is 2.36. The van der Waals surface area contributed by atoms with Gasteiger partial charge in [-0.3, -0.25) is 4.79 Å². The molecule has 1 N–H and O–H groups in total. The van der Waals surface area contributed by atoms with Crippen molar-refractivity contribution >= 4 is 5.97 Å². The first-order valence-electron chi connectivity index (χ1n) is 2.27. The molecular formula is C5H7O2+. The number of aliphatic carboxylic acids is 1. The van der Waals surface area contributed by atoms with Crippen molar-refractivity contribution in [3.8, 4) is 0 Å². The van der Waals surface area contributed by atoms with Gasteiger partial charge in [-0.15, -0.1) is 0 Å². The summed E-state index contributed by atoms with van der Waals surface area (Å²) >= 11 is 0. The van der Waals surface area contributed by atoms with Crippen molar-refractivity contribution < 1.29 is 9.90 Å². The van der Waals surface area contributed by atoms with Crippen LogP contribution in [0, 0.1) is 18.8 Å². The summed E-state index contributed by atoms with van der Waals surface area (Å²) in [5.41, 5.74) is 0. The number of rotatable bonds is 1. The molecule has 0 aliphatic heterocycles. The molecule has 0 radical (unpaired) electrons. The molecule has 38 valence electrons. The molecule has 0 aromatic carbocycles. The van der Waals surface area contributed by atoms with E-state index in [9.17, 15) is 4.79 Å². The summed E-state index contributed by atoms with van der Waals surface area (Å²) in [5.74, 6) is -0.627. The van der Waals surface area contributed by atoms with E-state index >= 15 is 0 Å². The van der Waals surface area contributed by atoms with Gasteiger partial charge in [0.25, 0.3) is 0 Å². The minimum Gasteiger partial charge on any atom is -0.481 e. The molecule has 0 amide bonds. The van der Waals surface area contributed by atoms with Gasteiger partial charge in [-0.05, 0) is 0 Å². The lowest BCUT2D eigenvalue weighted by molar-refractivity contribution is -0.138. The summed E-state index contributed by atoms with van der Waals surface area (Å²) < 4.78 is 0. The summed E-state index contributed by atoms with van der Waals surface area (Å²) in [6, 6.07) is 0. The second-order valence-corrected chi connectivity index (χ2v) is 1.94. The molecule has 0 saturated heterocycles. The summed E-state index contributed by atoms with van der Waals surface area (Å²) in [4.78, 5) is 9.93. The Morgan fingerprint density at radius 2 is 2.29 bits per heavy atom. The van der Waals surface area contributed by atoms with Crippen LogP contribution in [0.1, 0.15) is 6.42 Å². The zero-order valence-corrected chi connectivity index (χ0v) is 3.92. The quantitative estimate of drug-likeness (QED) is 0.487. The molecular weight excluding hydrogens is 92.1 g/mol. The highest BCUT2D eigenvalue weighted by molar-refractivity contribution is 5.73. The summed E-state index contributed by atoms with van der Waals surface area (Å²) in [6.45, 7) is 3.57. The van der Waals surface area contributed by atoms with Gasteiger partial charge in [0.1, 0.15) is 11.8 Å². The average molecular weight is 99.1 g/mol. The zero-order chi connectivity index (χ0) is 5.44. The fraction of sp³-hybridized carbons (Fsp3) is 0.600. The fourth-order valence-corrected chi connectivity index (χ4v) is 0.550. The minimum absolute atomic E-state index is 0.125. The van der Waals surface area contributed by atoms with Crippen molar-refractivity contribution in [1.29, 1.82) is 0 Å². The van der Waals surface area contributed by atoms with Gasteiger partial charge in [-0.25, -0.2) is 0 Å². The van der Waals surface area contributed by atoms with E-state index in [1.807, 2.05) is 0 Å². The Bertz CT molecular complexity index is 98.3.